The minimum Gasteiger partial charge on any atom is -0.271 e. The van der Waals surface area contributed by atoms with Gasteiger partial charge in [0.2, 0.25) is 0 Å². The zero-order chi connectivity index (χ0) is 14.4. The first-order valence-corrected chi connectivity index (χ1v) is 8.24. The molecule has 2 rings (SSSR count). The average molecular weight is 278 g/mol. The van der Waals surface area contributed by atoms with Gasteiger partial charge in [-0.25, -0.2) is 0 Å². The van der Waals surface area contributed by atoms with Crippen LogP contribution in [0.5, 0.6) is 0 Å². The van der Waals surface area contributed by atoms with Crippen molar-refractivity contribution in [2.75, 3.05) is 0 Å². The van der Waals surface area contributed by atoms with Crippen molar-refractivity contribution in [1.82, 2.24) is 15.2 Å². The predicted octanol–water partition coefficient (Wildman–Crippen LogP) is 2.95. The molecule has 1 fully saturated rings. The Hall–Kier alpha value is -0.870. The summed E-state index contributed by atoms with van der Waals surface area (Å²) in [5.74, 6) is 6.57. The lowest BCUT2D eigenvalue weighted by atomic mass is 9.84. The van der Waals surface area contributed by atoms with Crippen molar-refractivity contribution in [3.63, 3.8) is 0 Å². The molecule has 3 N–H and O–H groups in total. The number of hydrogen-bond donors (Lipinski definition) is 2. The summed E-state index contributed by atoms with van der Waals surface area (Å²) >= 11 is 0. The van der Waals surface area contributed by atoms with Crippen molar-refractivity contribution in [2.45, 2.75) is 77.8 Å². The van der Waals surface area contributed by atoms with Gasteiger partial charge in [-0.1, -0.05) is 32.1 Å². The van der Waals surface area contributed by atoms with Crippen LogP contribution in [0.15, 0.2) is 6.07 Å². The number of aryl methyl sites for hydroxylation is 2. The van der Waals surface area contributed by atoms with Crippen LogP contribution in [-0.2, 0) is 13.0 Å². The van der Waals surface area contributed by atoms with E-state index in [-0.39, 0.29) is 0 Å². The molecule has 4 heteroatoms. The van der Waals surface area contributed by atoms with Gasteiger partial charge in [0.25, 0.3) is 0 Å². The molecule has 0 amide bonds. The molecule has 0 radical (unpaired) electrons. The Morgan fingerprint density at radius 3 is 2.55 bits per heavy atom. The van der Waals surface area contributed by atoms with Gasteiger partial charge in [0.1, 0.15) is 0 Å². The molecule has 0 bridgehead atoms. The topological polar surface area (TPSA) is 55.9 Å². The van der Waals surface area contributed by atoms with Crippen molar-refractivity contribution in [3.05, 3.63) is 17.5 Å². The maximum Gasteiger partial charge on any atom is 0.0596 e. The molecular weight excluding hydrogens is 248 g/mol. The molecule has 0 aromatic carbocycles. The van der Waals surface area contributed by atoms with Crippen molar-refractivity contribution >= 4 is 0 Å². The summed E-state index contributed by atoms with van der Waals surface area (Å²) in [6.07, 6.45) is 10.5. The highest BCUT2D eigenvalue weighted by atomic mass is 15.3. The molecule has 4 nitrogen and oxygen atoms in total. The van der Waals surface area contributed by atoms with E-state index in [1.165, 1.54) is 50.6 Å². The van der Waals surface area contributed by atoms with E-state index in [0.717, 1.165) is 18.7 Å². The molecule has 20 heavy (non-hydrogen) atoms. The van der Waals surface area contributed by atoms with Crippen LogP contribution in [0.2, 0.25) is 0 Å². The molecular formula is C16H30N4. The van der Waals surface area contributed by atoms with E-state index in [1.807, 2.05) is 0 Å². The normalized spacial score (nSPS) is 19.6. The van der Waals surface area contributed by atoms with E-state index >= 15 is 0 Å². The van der Waals surface area contributed by atoms with Gasteiger partial charge in [-0.15, -0.1) is 0 Å². The molecule has 1 heterocycles. The Morgan fingerprint density at radius 1 is 1.30 bits per heavy atom. The minimum atomic E-state index is 0.384. The maximum absolute atomic E-state index is 5.86. The second-order valence-electron chi connectivity index (χ2n) is 6.18. The van der Waals surface area contributed by atoms with Gasteiger partial charge in [0, 0.05) is 24.7 Å². The highest BCUT2D eigenvalue weighted by molar-refractivity contribution is 5.10. The molecule has 0 aliphatic heterocycles. The Balaban J connectivity index is 2.02. The summed E-state index contributed by atoms with van der Waals surface area (Å²) < 4.78 is 2.11. The van der Waals surface area contributed by atoms with Crippen LogP contribution in [0.1, 0.15) is 63.3 Å². The van der Waals surface area contributed by atoms with Crippen LogP contribution in [-0.4, -0.2) is 15.8 Å². The molecule has 0 spiro atoms. The fourth-order valence-electron chi connectivity index (χ4n) is 3.51. The van der Waals surface area contributed by atoms with Gasteiger partial charge in [-0.2, -0.15) is 5.10 Å². The first kappa shape index (κ1) is 15.5. The van der Waals surface area contributed by atoms with Crippen molar-refractivity contribution in [1.29, 1.82) is 0 Å². The summed E-state index contributed by atoms with van der Waals surface area (Å²) in [5, 5.41) is 4.54. The van der Waals surface area contributed by atoms with Crippen LogP contribution in [0.4, 0.5) is 0 Å². The van der Waals surface area contributed by atoms with E-state index in [2.05, 4.69) is 35.1 Å². The second-order valence-corrected chi connectivity index (χ2v) is 6.18. The van der Waals surface area contributed by atoms with Crippen molar-refractivity contribution < 1.29 is 0 Å². The number of rotatable bonds is 5. The Kier molecular flexibility index (Phi) is 6.05. The monoisotopic (exact) mass is 278 g/mol. The molecule has 114 valence electrons. The molecule has 1 saturated carbocycles. The van der Waals surface area contributed by atoms with Gasteiger partial charge in [-0.05, 0) is 38.7 Å². The second kappa shape index (κ2) is 7.79. The zero-order valence-electron chi connectivity index (χ0n) is 13.1. The van der Waals surface area contributed by atoms with Crippen molar-refractivity contribution in [2.24, 2.45) is 11.8 Å². The van der Waals surface area contributed by atoms with E-state index in [0.29, 0.717) is 12.0 Å². The fraction of sp³-hybridized carbons (Fsp3) is 0.812. The number of hydrazine groups is 1. The Morgan fingerprint density at radius 2 is 1.95 bits per heavy atom. The molecule has 0 saturated heterocycles. The summed E-state index contributed by atoms with van der Waals surface area (Å²) in [5.41, 5.74) is 5.51. The van der Waals surface area contributed by atoms with Crippen LogP contribution in [0, 0.1) is 12.8 Å². The van der Waals surface area contributed by atoms with Gasteiger partial charge >= 0.3 is 0 Å². The fourth-order valence-corrected chi connectivity index (χ4v) is 3.51. The van der Waals surface area contributed by atoms with Crippen LogP contribution < -0.4 is 11.3 Å². The number of nitrogens with one attached hydrogen (secondary N) is 1. The number of nitrogens with two attached hydrogens (primary N) is 1. The lowest BCUT2D eigenvalue weighted by Crippen LogP contribution is -2.43. The number of nitrogens with zero attached hydrogens (tertiary/aromatic N) is 2. The van der Waals surface area contributed by atoms with E-state index in [9.17, 15) is 0 Å². The zero-order valence-corrected chi connectivity index (χ0v) is 13.1. The van der Waals surface area contributed by atoms with E-state index < -0.39 is 0 Å². The summed E-state index contributed by atoms with van der Waals surface area (Å²) in [7, 11) is 0. The Bertz CT molecular complexity index is 391. The summed E-state index contributed by atoms with van der Waals surface area (Å²) in [6.45, 7) is 5.15. The molecule has 1 aliphatic carbocycles. The molecule has 1 atom stereocenters. The van der Waals surface area contributed by atoms with Crippen molar-refractivity contribution in [3.8, 4) is 0 Å². The predicted molar refractivity (Wildman–Crippen MR) is 83.3 cm³/mol. The number of hydrogen-bond acceptors (Lipinski definition) is 3. The maximum atomic E-state index is 5.86. The lowest BCUT2D eigenvalue weighted by Gasteiger charge is -2.28. The molecule has 1 aliphatic rings. The Labute approximate surface area is 123 Å². The van der Waals surface area contributed by atoms with E-state index in [1.54, 1.807) is 0 Å². The third-order valence-electron chi connectivity index (χ3n) is 4.65. The highest BCUT2D eigenvalue weighted by Gasteiger charge is 2.22. The van der Waals surface area contributed by atoms with Crippen LogP contribution in [0.25, 0.3) is 0 Å². The summed E-state index contributed by atoms with van der Waals surface area (Å²) in [6, 6.07) is 2.59. The minimum absolute atomic E-state index is 0.384. The standard InChI is InChI=1S/C16H30N4/c1-3-20-15(11-13(2)19-20)12-16(18-17)14-9-7-5-4-6-8-10-14/h11,14,16,18H,3-10,12,17H2,1-2H3. The highest BCUT2D eigenvalue weighted by Crippen LogP contribution is 2.26. The lowest BCUT2D eigenvalue weighted by molar-refractivity contribution is 0.281. The SMILES string of the molecule is CCn1nc(C)cc1CC(NN)C1CCCCCCC1. The third-order valence-corrected chi connectivity index (χ3v) is 4.65. The third kappa shape index (κ3) is 4.06. The molecule has 1 aromatic rings. The average Bonchev–Trinajstić information content (AvgIpc) is 2.76. The van der Waals surface area contributed by atoms with Crippen LogP contribution >= 0.6 is 0 Å². The number of aromatic nitrogens is 2. The van der Waals surface area contributed by atoms with Gasteiger partial charge in [0.05, 0.1) is 5.69 Å². The first-order valence-electron chi connectivity index (χ1n) is 8.24. The van der Waals surface area contributed by atoms with Crippen LogP contribution in [0.3, 0.4) is 0 Å². The van der Waals surface area contributed by atoms with Gasteiger partial charge in [0.15, 0.2) is 0 Å². The van der Waals surface area contributed by atoms with Gasteiger partial charge < -0.3 is 0 Å². The largest absolute Gasteiger partial charge is 0.271 e. The van der Waals surface area contributed by atoms with E-state index in [4.69, 9.17) is 5.84 Å². The quantitative estimate of drug-likeness (QED) is 0.643. The first-order chi connectivity index (χ1) is 9.74. The smallest absolute Gasteiger partial charge is 0.0596 e. The van der Waals surface area contributed by atoms with Gasteiger partial charge in [-0.3, -0.25) is 16.0 Å². The summed E-state index contributed by atoms with van der Waals surface area (Å²) in [4.78, 5) is 0. The molecule has 1 unspecified atom stereocenters. The molecule has 1 aromatic heterocycles.